The lowest BCUT2D eigenvalue weighted by molar-refractivity contribution is -0.262. The molecule has 0 saturated heterocycles. The van der Waals surface area contributed by atoms with Gasteiger partial charge in [0.15, 0.2) is 0 Å². The SMILES string of the molecule is CCCCCCCCCCCC(=O)OOC(=O)C1CCCCC1. The highest BCUT2D eigenvalue weighted by Crippen LogP contribution is 2.24. The molecule has 0 N–H and O–H groups in total. The first-order valence-corrected chi connectivity index (χ1v) is 9.65. The molecule has 4 heteroatoms. The van der Waals surface area contributed by atoms with Crippen molar-refractivity contribution >= 4 is 11.9 Å². The molecule has 0 radical (unpaired) electrons. The van der Waals surface area contributed by atoms with Crippen LogP contribution >= 0.6 is 0 Å². The Labute approximate surface area is 141 Å². The van der Waals surface area contributed by atoms with Gasteiger partial charge in [-0.2, -0.15) is 0 Å². The van der Waals surface area contributed by atoms with Crippen LogP contribution in [-0.4, -0.2) is 11.9 Å². The van der Waals surface area contributed by atoms with Gasteiger partial charge < -0.3 is 0 Å². The molecule has 4 nitrogen and oxygen atoms in total. The second kappa shape index (κ2) is 13.4. The van der Waals surface area contributed by atoms with Crippen LogP contribution in [0.25, 0.3) is 0 Å². The van der Waals surface area contributed by atoms with Gasteiger partial charge in [0.05, 0.1) is 12.3 Å². The van der Waals surface area contributed by atoms with Crippen LogP contribution in [-0.2, 0) is 19.4 Å². The zero-order valence-corrected chi connectivity index (χ0v) is 14.8. The minimum atomic E-state index is -0.419. The molecule has 1 fully saturated rings. The van der Waals surface area contributed by atoms with Crippen LogP contribution in [0.5, 0.6) is 0 Å². The van der Waals surface area contributed by atoms with Crippen molar-refractivity contribution in [1.29, 1.82) is 0 Å². The van der Waals surface area contributed by atoms with E-state index in [-0.39, 0.29) is 11.9 Å². The summed E-state index contributed by atoms with van der Waals surface area (Å²) in [5.74, 6) is -0.869. The second-order valence-corrected chi connectivity index (χ2v) is 6.77. The molecule has 0 aromatic carbocycles. The van der Waals surface area contributed by atoms with Crippen LogP contribution in [0.15, 0.2) is 0 Å². The topological polar surface area (TPSA) is 52.6 Å². The van der Waals surface area contributed by atoms with E-state index in [0.717, 1.165) is 38.5 Å². The van der Waals surface area contributed by atoms with E-state index in [0.29, 0.717) is 6.42 Å². The Morgan fingerprint density at radius 1 is 0.783 bits per heavy atom. The monoisotopic (exact) mass is 326 g/mol. The van der Waals surface area contributed by atoms with Gasteiger partial charge in [0.2, 0.25) is 0 Å². The van der Waals surface area contributed by atoms with Gasteiger partial charge in [0.25, 0.3) is 0 Å². The number of rotatable bonds is 11. The van der Waals surface area contributed by atoms with E-state index in [1.54, 1.807) is 0 Å². The van der Waals surface area contributed by atoms with Crippen molar-refractivity contribution in [2.24, 2.45) is 5.92 Å². The molecule has 1 rings (SSSR count). The average Bonchev–Trinajstić information content (AvgIpc) is 2.59. The van der Waals surface area contributed by atoms with E-state index in [2.05, 4.69) is 16.7 Å². The van der Waals surface area contributed by atoms with E-state index in [1.807, 2.05) is 0 Å². The van der Waals surface area contributed by atoms with Gasteiger partial charge >= 0.3 is 11.9 Å². The fraction of sp³-hybridized carbons (Fsp3) is 0.895. The van der Waals surface area contributed by atoms with Crippen molar-refractivity contribution in [3.05, 3.63) is 0 Å². The zero-order valence-electron chi connectivity index (χ0n) is 14.8. The summed E-state index contributed by atoms with van der Waals surface area (Å²) in [6, 6.07) is 0. The van der Waals surface area contributed by atoms with E-state index >= 15 is 0 Å². The number of carbonyl (C=O) groups is 2. The second-order valence-electron chi connectivity index (χ2n) is 6.77. The third-order valence-corrected chi connectivity index (χ3v) is 4.64. The first kappa shape index (κ1) is 20.0. The molecular weight excluding hydrogens is 292 g/mol. The van der Waals surface area contributed by atoms with Crippen LogP contribution in [0, 0.1) is 5.92 Å². The lowest BCUT2D eigenvalue weighted by Gasteiger charge is -2.18. The van der Waals surface area contributed by atoms with Gasteiger partial charge in [-0.25, -0.2) is 19.4 Å². The number of hydrogen-bond donors (Lipinski definition) is 0. The molecule has 0 amide bonds. The maximum absolute atomic E-state index is 11.7. The average molecular weight is 326 g/mol. The van der Waals surface area contributed by atoms with Crippen LogP contribution < -0.4 is 0 Å². The molecule has 0 aromatic rings. The summed E-state index contributed by atoms with van der Waals surface area (Å²) < 4.78 is 0. The number of carbonyl (C=O) groups excluding carboxylic acids is 2. The predicted octanol–water partition coefficient (Wildman–Crippen LogP) is 5.49. The zero-order chi connectivity index (χ0) is 16.8. The van der Waals surface area contributed by atoms with Crippen LogP contribution in [0.1, 0.15) is 103 Å². The van der Waals surface area contributed by atoms with Gasteiger partial charge in [-0.1, -0.05) is 77.6 Å². The molecule has 0 spiro atoms. The van der Waals surface area contributed by atoms with Gasteiger partial charge in [-0.15, -0.1) is 0 Å². The summed E-state index contributed by atoms with van der Waals surface area (Å²) in [5, 5.41) is 0. The van der Waals surface area contributed by atoms with Crippen molar-refractivity contribution in [2.75, 3.05) is 0 Å². The van der Waals surface area contributed by atoms with E-state index < -0.39 is 5.97 Å². The lowest BCUT2D eigenvalue weighted by Crippen LogP contribution is -2.22. The molecule has 0 aromatic heterocycles. The highest BCUT2D eigenvalue weighted by molar-refractivity contribution is 5.74. The minimum Gasteiger partial charge on any atom is -0.247 e. The van der Waals surface area contributed by atoms with Crippen molar-refractivity contribution in [1.82, 2.24) is 0 Å². The van der Waals surface area contributed by atoms with Crippen molar-refractivity contribution in [2.45, 2.75) is 103 Å². The van der Waals surface area contributed by atoms with Gasteiger partial charge in [0.1, 0.15) is 0 Å². The third-order valence-electron chi connectivity index (χ3n) is 4.64. The molecule has 1 saturated carbocycles. The molecule has 1 aliphatic carbocycles. The standard InChI is InChI=1S/C19H34O4/c1-2-3-4-5-6-7-8-9-13-16-18(20)22-23-19(21)17-14-11-10-12-15-17/h17H,2-16H2,1H3. The molecule has 0 aliphatic heterocycles. The largest absolute Gasteiger partial charge is 0.358 e. The summed E-state index contributed by atoms with van der Waals surface area (Å²) in [6.07, 6.45) is 16.2. The first-order valence-electron chi connectivity index (χ1n) is 9.65. The fourth-order valence-corrected chi connectivity index (χ4v) is 3.12. The maximum Gasteiger partial charge on any atom is 0.358 e. The van der Waals surface area contributed by atoms with Crippen LogP contribution in [0.3, 0.4) is 0 Å². The quantitative estimate of drug-likeness (QED) is 0.286. The summed E-state index contributed by atoms with van der Waals surface area (Å²) in [5.41, 5.74) is 0. The fourth-order valence-electron chi connectivity index (χ4n) is 3.12. The summed E-state index contributed by atoms with van der Waals surface area (Å²) in [6.45, 7) is 2.23. The summed E-state index contributed by atoms with van der Waals surface area (Å²) >= 11 is 0. The Morgan fingerprint density at radius 3 is 1.96 bits per heavy atom. The first-order chi connectivity index (χ1) is 11.2. The Kier molecular flexibility index (Phi) is 11.6. The van der Waals surface area contributed by atoms with Crippen molar-refractivity contribution in [3.63, 3.8) is 0 Å². The van der Waals surface area contributed by atoms with Crippen molar-refractivity contribution in [3.8, 4) is 0 Å². The maximum atomic E-state index is 11.7. The third kappa shape index (κ3) is 10.4. The number of unbranched alkanes of at least 4 members (excludes halogenated alkanes) is 8. The molecule has 0 bridgehead atoms. The van der Waals surface area contributed by atoms with Gasteiger partial charge in [-0.05, 0) is 19.3 Å². The normalized spacial score (nSPS) is 15.3. The molecule has 0 unspecified atom stereocenters. The van der Waals surface area contributed by atoms with E-state index in [9.17, 15) is 9.59 Å². The minimum absolute atomic E-state index is 0.0794. The van der Waals surface area contributed by atoms with E-state index in [4.69, 9.17) is 0 Å². The van der Waals surface area contributed by atoms with Crippen molar-refractivity contribution < 1.29 is 19.4 Å². The summed E-state index contributed by atoms with van der Waals surface area (Å²) in [4.78, 5) is 32.6. The van der Waals surface area contributed by atoms with Gasteiger partial charge in [-0.3, -0.25) is 0 Å². The Balaban J connectivity index is 1.91. The Bertz CT molecular complexity index is 321. The lowest BCUT2D eigenvalue weighted by atomic mass is 9.89. The molecule has 23 heavy (non-hydrogen) atoms. The van der Waals surface area contributed by atoms with Crippen LogP contribution in [0.4, 0.5) is 0 Å². The van der Waals surface area contributed by atoms with E-state index in [1.165, 1.54) is 51.4 Å². The molecule has 134 valence electrons. The smallest absolute Gasteiger partial charge is 0.247 e. The highest BCUT2D eigenvalue weighted by Gasteiger charge is 2.24. The Morgan fingerprint density at radius 2 is 1.35 bits per heavy atom. The number of hydrogen-bond acceptors (Lipinski definition) is 4. The Hall–Kier alpha value is -1.06. The molecule has 1 aliphatic rings. The van der Waals surface area contributed by atoms with Crippen LogP contribution in [0.2, 0.25) is 0 Å². The van der Waals surface area contributed by atoms with Gasteiger partial charge in [0, 0.05) is 0 Å². The molecular formula is C19H34O4. The molecule has 0 heterocycles. The summed E-state index contributed by atoms with van der Waals surface area (Å²) in [7, 11) is 0. The molecule has 0 atom stereocenters. The predicted molar refractivity (Wildman–Crippen MR) is 90.6 cm³/mol. The highest BCUT2D eigenvalue weighted by atomic mass is 17.2.